The van der Waals surface area contributed by atoms with E-state index in [1.807, 2.05) is 24.3 Å². The predicted octanol–water partition coefficient (Wildman–Crippen LogP) is 1.84. The average molecular weight is 274 g/mol. The van der Waals surface area contributed by atoms with Gasteiger partial charge < -0.3 is 5.11 Å². The summed E-state index contributed by atoms with van der Waals surface area (Å²) in [6, 6.07) is 7.63. The highest BCUT2D eigenvalue weighted by Crippen LogP contribution is 2.23. The number of carbonyl (C=O) groups is 1. The Hall–Kier alpha value is -2.15. The number of rotatable bonds is 3. The normalized spacial score (nSPS) is 12.9. The summed E-state index contributed by atoms with van der Waals surface area (Å²) in [5, 5.41) is 13.9. The van der Waals surface area contributed by atoms with E-state index in [9.17, 15) is 4.79 Å². The van der Waals surface area contributed by atoms with Crippen LogP contribution in [0.5, 0.6) is 0 Å². The van der Waals surface area contributed by atoms with Gasteiger partial charge in [-0.05, 0) is 19.1 Å². The van der Waals surface area contributed by atoms with Crippen molar-refractivity contribution in [2.24, 2.45) is 0 Å². The minimum Gasteiger partial charge on any atom is -0.480 e. The van der Waals surface area contributed by atoms with Gasteiger partial charge in [0, 0.05) is 5.39 Å². The minimum atomic E-state index is -0.883. The highest BCUT2D eigenvalue weighted by Gasteiger charge is 2.16. The van der Waals surface area contributed by atoms with E-state index in [0.29, 0.717) is 10.8 Å². The fourth-order valence-electron chi connectivity index (χ4n) is 1.72. The minimum absolute atomic E-state index is 0.438. The summed E-state index contributed by atoms with van der Waals surface area (Å²) in [5.41, 5.74) is 1.52. The van der Waals surface area contributed by atoms with Crippen LogP contribution in [0.2, 0.25) is 0 Å². The monoisotopic (exact) mass is 274 g/mol. The highest BCUT2D eigenvalue weighted by atomic mass is 32.2. The molecule has 7 heteroatoms. The first-order chi connectivity index (χ1) is 9.15. The molecule has 0 spiro atoms. The van der Waals surface area contributed by atoms with Crippen molar-refractivity contribution in [2.45, 2.75) is 17.3 Å². The summed E-state index contributed by atoms with van der Waals surface area (Å²) in [6.45, 7) is 1.61. The van der Waals surface area contributed by atoms with E-state index in [2.05, 4.69) is 15.1 Å². The zero-order valence-electron chi connectivity index (χ0n) is 10.0. The lowest BCUT2D eigenvalue weighted by atomic mass is 10.2. The molecule has 1 aromatic carbocycles. The SMILES string of the molecule is C[C@@H](Sc1nc2c3ccccc3ncn2n1)C(=O)O. The van der Waals surface area contributed by atoms with E-state index in [4.69, 9.17) is 5.11 Å². The van der Waals surface area contributed by atoms with Crippen molar-refractivity contribution in [3.63, 3.8) is 0 Å². The lowest BCUT2D eigenvalue weighted by Gasteiger charge is -1.99. The Bertz CT molecular complexity index is 771. The topological polar surface area (TPSA) is 80.4 Å². The number of carboxylic acids is 1. The zero-order chi connectivity index (χ0) is 13.4. The van der Waals surface area contributed by atoms with Gasteiger partial charge in [0.2, 0.25) is 5.16 Å². The van der Waals surface area contributed by atoms with Crippen LogP contribution in [0.15, 0.2) is 35.7 Å². The summed E-state index contributed by atoms with van der Waals surface area (Å²) in [7, 11) is 0. The van der Waals surface area contributed by atoms with Gasteiger partial charge in [-0.25, -0.2) is 14.5 Å². The average Bonchev–Trinajstić information content (AvgIpc) is 2.81. The Kier molecular flexibility index (Phi) is 2.83. The second-order valence-corrected chi connectivity index (χ2v) is 5.33. The fourth-order valence-corrected chi connectivity index (χ4v) is 2.41. The molecule has 1 N–H and O–H groups in total. The standard InChI is InChI=1S/C12H10N4O2S/c1-7(11(17)18)19-12-14-10-8-4-2-3-5-9(8)13-6-16(10)15-12/h2-7H,1H3,(H,17,18)/t7-/m1/s1. The van der Waals surface area contributed by atoms with Crippen molar-refractivity contribution in [1.82, 2.24) is 19.6 Å². The van der Waals surface area contributed by atoms with E-state index >= 15 is 0 Å². The number of thioether (sulfide) groups is 1. The van der Waals surface area contributed by atoms with E-state index in [-0.39, 0.29) is 0 Å². The summed E-state index contributed by atoms with van der Waals surface area (Å²) in [5.74, 6) is -0.883. The van der Waals surface area contributed by atoms with E-state index < -0.39 is 11.2 Å². The Morgan fingerprint density at radius 3 is 3.00 bits per heavy atom. The highest BCUT2D eigenvalue weighted by molar-refractivity contribution is 8.00. The van der Waals surface area contributed by atoms with Gasteiger partial charge in [0.15, 0.2) is 5.65 Å². The van der Waals surface area contributed by atoms with E-state index in [0.717, 1.165) is 22.7 Å². The molecule has 19 heavy (non-hydrogen) atoms. The van der Waals surface area contributed by atoms with Gasteiger partial charge in [-0.3, -0.25) is 4.79 Å². The van der Waals surface area contributed by atoms with Crippen LogP contribution in [0.4, 0.5) is 0 Å². The van der Waals surface area contributed by atoms with E-state index in [1.54, 1.807) is 17.8 Å². The van der Waals surface area contributed by atoms with Crippen LogP contribution in [-0.2, 0) is 4.79 Å². The molecule has 0 saturated carbocycles. The zero-order valence-corrected chi connectivity index (χ0v) is 10.8. The van der Waals surface area contributed by atoms with Crippen LogP contribution in [0.25, 0.3) is 16.6 Å². The van der Waals surface area contributed by atoms with Gasteiger partial charge >= 0.3 is 5.97 Å². The first kappa shape index (κ1) is 11.9. The third-order valence-electron chi connectivity index (χ3n) is 2.69. The van der Waals surface area contributed by atoms with Crippen molar-refractivity contribution in [2.75, 3.05) is 0 Å². The smallest absolute Gasteiger partial charge is 0.316 e. The molecule has 0 unspecified atom stereocenters. The number of aliphatic carboxylic acids is 1. The molecule has 3 rings (SSSR count). The Balaban J connectivity index is 2.10. The quantitative estimate of drug-likeness (QED) is 0.734. The lowest BCUT2D eigenvalue weighted by molar-refractivity contribution is -0.136. The number of benzene rings is 1. The van der Waals surface area contributed by atoms with Crippen molar-refractivity contribution in [1.29, 1.82) is 0 Å². The van der Waals surface area contributed by atoms with Crippen molar-refractivity contribution >= 4 is 34.3 Å². The van der Waals surface area contributed by atoms with Crippen LogP contribution < -0.4 is 0 Å². The van der Waals surface area contributed by atoms with Crippen molar-refractivity contribution in [3.05, 3.63) is 30.6 Å². The number of aromatic nitrogens is 4. The maximum absolute atomic E-state index is 10.8. The molecule has 2 aromatic heterocycles. The summed E-state index contributed by atoms with van der Waals surface area (Å²) < 4.78 is 1.57. The number of carboxylic acid groups (broad SMARTS) is 1. The Morgan fingerprint density at radius 2 is 2.21 bits per heavy atom. The molecule has 0 amide bonds. The molecule has 0 aliphatic rings. The van der Waals surface area contributed by atoms with Gasteiger partial charge in [-0.1, -0.05) is 23.9 Å². The lowest BCUT2D eigenvalue weighted by Crippen LogP contribution is -2.11. The first-order valence-corrected chi connectivity index (χ1v) is 6.53. The summed E-state index contributed by atoms with van der Waals surface area (Å²) in [6.07, 6.45) is 1.58. The summed E-state index contributed by atoms with van der Waals surface area (Å²) in [4.78, 5) is 19.5. The molecular weight excluding hydrogens is 264 g/mol. The first-order valence-electron chi connectivity index (χ1n) is 5.65. The second kappa shape index (κ2) is 4.51. The van der Waals surface area contributed by atoms with Crippen LogP contribution >= 0.6 is 11.8 Å². The van der Waals surface area contributed by atoms with Crippen LogP contribution in [0.1, 0.15) is 6.92 Å². The Morgan fingerprint density at radius 1 is 1.42 bits per heavy atom. The molecule has 0 fully saturated rings. The molecule has 0 aliphatic heterocycles. The molecular formula is C12H10N4O2S. The van der Waals surface area contributed by atoms with E-state index in [1.165, 1.54) is 0 Å². The molecule has 96 valence electrons. The van der Waals surface area contributed by atoms with Crippen molar-refractivity contribution < 1.29 is 9.90 Å². The number of nitrogens with zero attached hydrogens (tertiary/aromatic N) is 4. The van der Waals surface area contributed by atoms with Crippen molar-refractivity contribution in [3.8, 4) is 0 Å². The molecule has 6 nitrogen and oxygen atoms in total. The number of hydrogen-bond acceptors (Lipinski definition) is 5. The molecule has 3 aromatic rings. The molecule has 0 saturated heterocycles. The van der Waals surface area contributed by atoms with Crippen LogP contribution in [-0.4, -0.2) is 35.9 Å². The van der Waals surface area contributed by atoms with Crippen LogP contribution in [0.3, 0.4) is 0 Å². The number of para-hydroxylation sites is 1. The molecule has 1 atom stereocenters. The Labute approximate surface area is 112 Å². The molecule has 2 heterocycles. The third kappa shape index (κ3) is 2.12. The van der Waals surface area contributed by atoms with Gasteiger partial charge in [0.25, 0.3) is 0 Å². The maximum atomic E-state index is 10.8. The predicted molar refractivity (Wildman–Crippen MR) is 71.2 cm³/mol. The van der Waals surface area contributed by atoms with Gasteiger partial charge in [0.05, 0.1) is 5.52 Å². The largest absolute Gasteiger partial charge is 0.480 e. The van der Waals surface area contributed by atoms with Gasteiger partial charge in [-0.15, -0.1) is 5.10 Å². The second-order valence-electron chi connectivity index (χ2n) is 4.02. The number of hydrogen-bond donors (Lipinski definition) is 1. The third-order valence-corrected chi connectivity index (χ3v) is 3.63. The molecule has 0 radical (unpaired) electrons. The fraction of sp³-hybridized carbons (Fsp3) is 0.167. The van der Waals surface area contributed by atoms with Gasteiger partial charge in [0.1, 0.15) is 11.6 Å². The van der Waals surface area contributed by atoms with Gasteiger partial charge in [-0.2, -0.15) is 0 Å². The molecule has 0 bridgehead atoms. The number of fused-ring (bicyclic) bond motifs is 3. The molecule has 0 aliphatic carbocycles. The van der Waals surface area contributed by atoms with Crippen LogP contribution in [0, 0.1) is 0 Å². The summed E-state index contributed by atoms with van der Waals surface area (Å²) >= 11 is 1.12. The maximum Gasteiger partial charge on any atom is 0.316 e.